The third-order valence-corrected chi connectivity index (χ3v) is 8.28. The van der Waals surface area contributed by atoms with E-state index in [2.05, 4.69) is 54.5 Å². The van der Waals surface area contributed by atoms with Gasteiger partial charge in [-0.25, -0.2) is 0 Å². The maximum absolute atomic E-state index is 12.0. The van der Waals surface area contributed by atoms with Crippen molar-refractivity contribution in [3.63, 3.8) is 0 Å². The van der Waals surface area contributed by atoms with Crippen molar-refractivity contribution in [1.82, 2.24) is 0 Å². The molecule has 1 aliphatic rings. The highest BCUT2D eigenvalue weighted by molar-refractivity contribution is 7.17. The third kappa shape index (κ3) is 7.77. The van der Waals surface area contributed by atoms with E-state index in [1.807, 2.05) is 44.2 Å². The van der Waals surface area contributed by atoms with Crippen molar-refractivity contribution in [2.75, 3.05) is 19.8 Å². The Bertz CT molecular complexity index is 1630. The van der Waals surface area contributed by atoms with Crippen LogP contribution in [0.5, 0.6) is 11.5 Å². The van der Waals surface area contributed by atoms with Gasteiger partial charge in [-0.3, -0.25) is 4.79 Å². The molecule has 2 unspecified atom stereocenters. The molecule has 3 aromatic carbocycles. The van der Waals surface area contributed by atoms with Gasteiger partial charge in [0.1, 0.15) is 30.8 Å². The van der Waals surface area contributed by atoms with Crippen LogP contribution in [-0.4, -0.2) is 37.7 Å². The van der Waals surface area contributed by atoms with Gasteiger partial charge in [-0.05, 0) is 98.7 Å². The smallest absolute Gasteiger partial charge is 0.307 e. The fourth-order valence-electron chi connectivity index (χ4n) is 5.21. The summed E-state index contributed by atoms with van der Waals surface area (Å²) in [7, 11) is 0. The van der Waals surface area contributed by atoms with Gasteiger partial charge < -0.3 is 23.7 Å². The van der Waals surface area contributed by atoms with Gasteiger partial charge in [0.2, 0.25) is 0 Å². The number of fused-ring (bicyclic) bond motifs is 1. The monoisotopic (exact) mass is 598 g/mol. The topological polar surface area (TPSA) is 63.2 Å². The molecule has 0 N–H and O–H groups in total. The molecule has 43 heavy (non-hydrogen) atoms. The fraction of sp³-hybridized carbons (Fsp3) is 0.361. The summed E-state index contributed by atoms with van der Waals surface area (Å²) in [4.78, 5) is 12.0. The molecule has 224 valence electrons. The number of thiophene rings is 1. The van der Waals surface area contributed by atoms with E-state index in [0.717, 1.165) is 28.2 Å². The SMILES string of the molecule is CC#CC(CC(=O)OCC)c1ccc(OCc2ccc3scc(-c4ccc(OCC5COC(C)(C)O5)cc4C)c3c2)cc1. The maximum Gasteiger partial charge on any atom is 0.307 e. The summed E-state index contributed by atoms with van der Waals surface area (Å²) < 4.78 is 30.0. The predicted octanol–water partition coefficient (Wildman–Crippen LogP) is 8.05. The first-order valence-electron chi connectivity index (χ1n) is 14.6. The predicted molar refractivity (Wildman–Crippen MR) is 171 cm³/mol. The quantitative estimate of drug-likeness (QED) is 0.129. The average Bonchev–Trinajstić information content (AvgIpc) is 3.57. The first-order valence-corrected chi connectivity index (χ1v) is 15.5. The summed E-state index contributed by atoms with van der Waals surface area (Å²) in [6.07, 6.45) is 0.161. The van der Waals surface area contributed by atoms with Gasteiger partial charge in [0.15, 0.2) is 5.79 Å². The maximum atomic E-state index is 12.0. The van der Waals surface area contributed by atoms with Crippen molar-refractivity contribution in [1.29, 1.82) is 0 Å². The van der Waals surface area contributed by atoms with Gasteiger partial charge in [0.05, 0.1) is 25.6 Å². The van der Waals surface area contributed by atoms with Crippen LogP contribution in [0, 0.1) is 18.8 Å². The van der Waals surface area contributed by atoms with Gasteiger partial charge in [-0.2, -0.15) is 0 Å². The molecule has 0 saturated carbocycles. The van der Waals surface area contributed by atoms with Crippen LogP contribution in [0.1, 0.15) is 56.7 Å². The Balaban J connectivity index is 1.24. The molecular formula is C36H38O6S. The Morgan fingerprint density at radius 3 is 2.53 bits per heavy atom. The van der Waals surface area contributed by atoms with Crippen molar-refractivity contribution in [2.45, 2.75) is 65.5 Å². The van der Waals surface area contributed by atoms with Crippen molar-refractivity contribution >= 4 is 27.4 Å². The van der Waals surface area contributed by atoms with Gasteiger partial charge in [0, 0.05) is 15.6 Å². The van der Waals surface area contributed by atoms with Crippen LogP contribution in [-0.2, 0) is 25.6 Å². The number of ether oxygens (including phenoxy) is 5. The van der Waals surface area contributed by atoms with E-state index in [4.69, 9.17) is 23.7 Å². The molecule has 2 atom stereocenters. The number of aryl methyl sites for hydroxylation is 1. The number of carbonyl (C=O) groups excluding carboxylic acids is 1. The molecule has 1 saturated heterocycles. The highest BCUT2D eigenvalue weighted by Gasteiger charge is 2.33. The summed E-state index contributed by atoms with van der Waals surface area (Å²) in [5.41, 5.74) is 5.59. The summed E-state index contributed by atoms with van der Waals surface area (Å²) >= 11 is 1.74. The second-order valence-corrected chi connectivity index (χ2v) is 11.9. The van der Waals surface area contributed by atoms with Gasteiger partial charge in [-0.15, -0.1) is 17.3 Å². The largest absolute Gasteiger partial charge is 0.491 e. The fourth-order valence-corrected chi connectivity index (χ4v) is 6.15. The second kappa shape index (κ2) is 13.6. The van der Waals surface area contributed by atoms with E-state index in [-0.39, 0.29) is 24.4 Å². The number of hydrogen-bond acceptors (Lipinski definition) is 7. The zero-order chi connectivity index (χ0) is 30.4. The van der Waals surface area contributed by atoms with Crippen LogP contribution in [0.2, 0.25) is 0 Å². The highest BCUT2D eigenvalue weighted by atomic mass is 32.1. The Morgan fingerprint density at radius 2 is 1.84 bits per heavy atom. The standard InChI is InChI=1S/C36H38O6S/c1-6-8-27(19-35(37)38-7-2)26-10-12-28(13-11-26)39-20-25-9-16-34-32(18-25)33(23-43-34)31-15-14-29(17-24(31)3)40-21-30-22-41-36(4,5)42-30/h9-18,23,27,30H,7,19-22H2,1-5H3. The lowest BCUT2D eigenvalue weighted by Crippen LogP contribution is -2.25. The Morgan fingerprint density at radius 1 is 1.05 bits per heavy atom. The third-order valence-electron chi connectivity index (χ3n) is 7.31. The van der Waals surface area contributed by atoms with Crippen LogP contribution in [0.15, 0.2) is 66.0 Å². The summed E-state index contributed by atoms with van der Waals surface area (Å²) in [5, 5.41) is 3.42. The average molecular weight is 599 g/mol. The van der Waals surface area contributed by atoms with Crippen LogP contribution < -0.4 is 9.47 Å². The lowest BCUT2D eigenvalue weighted by atomic mass is 9.96. The Hall–Kier alpha value is -3.83. The second-order valence-electron chi connectivity index (χ2n) is 11.0. The van der Waals surface area contributed by atoms with Gasteiger partial charge in [0.25, 0.3) is 0 Å². The molecule has 0 radical (unpaired) electrons. The van der Waals surface area contributed by atoms with Crippen LogP contribution in [0.3, 0.4) is 0 Å². The van der Waals surface area contributed by atoms with E-state index in [0.29, 0.717) is 26.4 Å². The number of esters is 1. The normalized spacial score (nSPS) is 16.3. The molecule has 0 aliphatic carbocycles. The van der Waals surface area contributed by atoms with Gasteiger partial charge in [-0.1, -0.05) is 30.2 Å². The minimum Gasteiger partial charge on any atom is -0.491 e. The molecule has 0 spiro atoms. The van der Waals surface area contributed by atoms with Crippen molar-refractivity contribution < 1.29 is 28.5 Å². The lowest BCUT2D eigenvalue weighted by molar-refractivity contribution is -0.143. The zero-order valence-electron chi connectivity index (χ0n) is 25.4. The molecule has 4 aromatic rings. The van der Waals surface area contributed by atoms with Crippen LogP contribution >= 0.6 is 11.3 Å². The molecule has 1 fully saturated rings. The highest BCUT2D eigenvalue weighted by Crippen LogP contribution is 2.37. The first kappa shape index (κ1) is 30.6. The van der Waals surface area contributed by atoms with Crippen LogP contribution in [0.25, 0.3) is 21.2 Å². The summed E-state index contributed by atoms with van der Waals surface area (Å²) in [6, 6.07) is 20.5. The van der Waals surface area contributed by atoms with Crippen molar-refractivity contribution in [2.24, 2.45) is 0 Å². The molecule has 1 aliphatic heterocycles. The van der Waals surface area contributed by atoms with E-state index in [1.165, 1.54) is 21.2 Å². The molecule has 1 aromatic heterocycles. The molecule has 5 rings (SSSR count). The van der Waals surface area contributed by atoms with E-state index >= 15 is 0 Å². The van der Waals surface area contributed by atoms with Crippen molar-refractivity contribution in [3.05, 3.63) is 82.7 Å². The molecule has 7 heteroatoms. The van der Waals surface area contributed by atoms with Crippen molar-refractivity contribution in [3.8, 4) is 34.5 Å². The number of hydrogen-bond donors (Lipinski definition) is 0. The lowest BCUT2D eigenvalue weighted by Gasteiger charge is -2.17. The van der Waals surface area contributed by atoms with Gasteiger partial charge >= 0.3 is 5.97 Å². The van der Waals surface area contributed by atoms with E-state index < -0.39 is 5.79 Å². The Labute approximate surface area is 257 Å². The summed E-state index contributed by atoms with van der Waals surface area (Å²) in [6.45, 7) is 11.3. The number of rotatable bonds is 11. The molecule has 0 bridgehead atoms. The minimum absolute atomic E-state index is 0.0713. The minimum atomic E-state index is -0.553. The Kier molecular flexibility index (Phi) is 9.72. The number of benzene rings is 3. The van der Waals surface area contributed by atoms with E-state index in [1.54, 1.807) is 25.2 Å². The van der Waals surface area contributed by atoms with Crippen LogP contribution in [0.4, 0.5) is 0 Å². The molecule has 6 nitrogen and oxygen atoms in total. The number of carbonyl (C=O) groups is 1. The molecule has 0 amide bonds. The van der Waals surface area contributed by atoms with E-state index in [9.17, 15) is 4.79 Å². The first-order chi connectivity index (χ1) is 20.7. The summed E-state index contributed by atoms with van der Waals surface area (Å²) in [5.74, 6) is 6.63. The molecule has 2 heterocycles. The molecular weight excluding hydrogens is 560 g/mol. The zero-order valence-corrected chi connectivity index (χ0v) is 26.2.